The molecule has 7 heteroatoms. The van der Waals surface area contributed by atoms with Crippen molar-refractivity contribution < 1.29 is 9.18 Å². The molecular formula is C21H22FN5O. The second-order valence-corrected chi connectivity index (χ2v) is 6.14. The van der Waals surface area contributed by atoms with Gasteiger partial charge in [0.25, 0.3) is 5.91 Å². The monoisotopic (exact) mass is 379 g/mol. The summed E-state index contributed by atoms with van der Waals surface area (Å²) >= 11 is 0. The van der Waals surface area contributed by atoms with Crippen LogP contribution in [-0.4, -0.2) is 35.4 Å². The van der Waals surface area contributed by atoms with Crippen LogP contribution in [0.1, 0.15) is 29.9 Å². The third-order valence-electron chi connectivity index (χ3n) is 4.36. The summed E-state index contributed by atoms with van der Waals surface area (Å²) in [5.74, 6) is -0.728. The molecule has 0 atom stereocenters. The molecule has 0 bridgehead atoms. The summed E-state index contributed by atoms with van der Waals surface area (Å²) in [6.07, 6.45) is 1.58. The van der Waals surface area contributed by atoms with E-state index in [-0.39, 0.29) is 11.5 Å². The van der Waals surface area contributed by atoms with Crippen molar-refractivity contribution in [2.45, 2.75) is 13.8 Å². The second-order valence-electron chi connectivity index (χ2n) is 6.14. The van der Waals surface area contributed by atoms with Gasteiger partial charge in [0.2, 0.25) is 0 Å². The zero-order chi connectivity index (χ0) is 19.9. The lowest BCUT2D eigenvalue weighted by Gasteiger charge is -2.20. The van der Waals surface area contributed by atoms with Gasteiger partial charge in [-0.1, -0.05) is 12.1 Å². The van der Waals surface area contributed by atoms with Crippen molar-refractivity contribution in [3.05, 3.63) is 71.7 Å². The molecule has 144 valence electrons. The van der Waals surface area contributed by atoms with Gasteiger partial charge in [0.1, 0.15) is 11.5 Å². The molecule has 0 aliphatic rings. The lowest BCUT2D eigenvalue weighted by Crippen LogP contribution is -2.21. The van der Waals surface area contributed by atoms with Crippen molar-refractivity contribution in [1.29, 1.82) is 0 Å². The van der Waals surface area contributed by atoms with Crippen molar-refractivity contribution in [2.24, 2.45) is 5.10 Å². The molecule has 1 heterocycles. The minimum atomic E-state index is -0.406. The van der Waals surface area contributed by atoms with E-state index in [4.69, 9.17) is 0 Å². The first-order valence-corrected chi connectivity index (χ1v) is 9.10. The molecule has 2 aromatic carbocycles. The van der Waals surface area contributed by atoms with Crippen LogP contribution in [0, 0.1) is 5.82 Å². The van der Waals surface area contributed by atoms with Crippen molar-refractivity contribution in [1.82, 2.24) is 15.6 Å². The lowest BCUT2D eigenvalue weighted by atomic mass is 10.1. The number of benzene rings is 2. The first kappa shape index (κ1) is 19.3. The summed E-state index contributed by atoms with van der Waals surface area (Å²) in [6.45, 7) is 6.13. The Morgan fingerprint density at radius 3 is 2.46 bits per heavy atom. The molecule has 0 aliphatic carbocycles. The quantitative estimate of drug-likeness (QED) is 0.484. The van der Waals surface area contributed by atoms with Gasteiger partial charge in [0.15, 0.2) is 0 Å². The van der Waals surface area contributed by atoms with Crippen LogP contribution in [-0.2, 0) is 0 Å². The number of amides is 1. The van der Waals surface area contributed by atoms with Crippen molar-refractivity contribution >= 4 is 17.8 Å². The molecule has 1 aromatic heterocycles. The molecule has 0 saturated carbocycles. The van der Waals surface area contributed by atoms with Crippen LogP contribution in [0.5, 0.6) is 0 Å². The Hall–Kier alpha value is -3.48. The summed E-state index contributed by atoms with van der Waals surface area (Å²) in [5.41, 5.74) is 6.05. The molecule has 0 fully saturated rings. The van der Waals surface area contributed by atoms with Gasteiger partial charge in [-0.25, -0.2) is 9.82 Å². The largest absolute Gasteiger partial charge is 0.372 e. The molecule has 1 amide bonds. The number of anilines is 1. The summed E-state index contributed by atoms with van der Waals surface area (Å²) in [4.78, 5) is 14.4. The number of carbonyl (C=O) groups is 1. The van der Waals surface area contributed by atoms with E-state index in [1.165, 1.54) is 12.1 Å². The predicted molar refractivity (Wildman–Crippen MR) is 109 cm³/mol. The molecule has 3 aromatic rings. The number of nitrogens with zero attached hydrogens (tertiary/aromatic N) is 3. The fourth-order valence-electron chi connectivity index (χ4n) is 2.79. The van der Waals surface area contributed by atoms with Crippen LogP contribution in [0.2, 0.25) is 0 Å². The number of hydrogen-bond acceptors (Lipinski definition) is 4. The Kier molecular flexibility index (Phi) is 6.16. The SMILES string of the molecule is CCN(CC)c1ccc(/C=N\NC(=O)c2cc(-c3ccc(F)cc3)n[nH]2)cc1. The van der Waals surface area contributed by atoms with Gasteiger partial charge >= 0.3 is 0 Å². The molecule has 3 rings (SSSR count). The summed E-state index contributed by atoms with van der Waals surface area (Å²) in [6, 6.07) is 15.5. The topological polar surface area (TPSA) is 73.4 Å². The Labute approximate surface area is 163 Å². The van der Waals surface area contributed by atoms with Crippen molar-refractivity contribution in [2.75, 3.05) is 18.0 Å². The van der Waals surface area contributed by atoms with E-state index >= 15 is 0 Å². The van der Waals surface area contributed by atoms with Gasteiger partial charge in [0, 0.05) is 24.3 Å². The number of aromatic nitrogens is 2. The highest BCUT2D eigenvalue weighted by atomic mass is 19.1. The van der Waals surface area contributed by atoms with Gasteiger partial charge < -0.3 is 4.90 Å². The Morgan fingerprint density at radius 1 is 1.14 bits per heavy atom. The van der Waals surface area contributed by atoms with E-state index in [0.29, 0.717) is 11.3 Å². The number of halogens is 1. The van der Waals surface area contributed by atoms with E-state index in [1.807, 2.05) is 24.3 Å². The van der Waals surface area contributed by atoms with E-state index in [0.717, 1.165) is 24.3 Å². The second kappa shape index (κ2) is 8.94. The Balaban J connectivity index is 1.60. The van der Waals surface area contributed by atoms with E-state index in [9.17, 15) is 9.18 Å². The van der Waals surface area contributed by atoms with Crippen LogP contribution < -0.4 is 10.3 Å². The Morgan fingerprint density at radius 2 is 1.82 bits per heavy atom. The lowest BCUT2D eigenvalue weighted by molar-refractivity contribution is 0.0950. The first-order valence-electron chi connectivity index (χ1n) is 9.10. The van der Waals surface area contributed by atoms with E-state index in [1.54, 1.807) is 24.4 Å². The summed E-state index contributed by atoms with van der Waals surface area (Å²) < 4.78 is 13.0. The first-order chi connectivity index (χ1) is 13.6. The minimum Gasteiger partial charge on any atom is -0.372 e. The zero-order valence-electron chi connectivity index (χ0n) is 15.8. The molecule has 0 radical (unpaired) electrons. The number of hydrogen-bond donors (Lipinski definition) is 2. The average Bonchev–Trinajstić information content (AvgIpc) is 3.21. The van der Waals surface area contributed by atoms with Crippen LogP contribution in [0.15, 0.2) is 59.7 Å². The number of nitrogens with one attached hydrogen (secondary N) is 2. The van der Waals surface area contributed by atoms with Gasteiger partial charge in [-0.2, -0.15) is 10.2 Å². The number of H-pyrrole nitrogens is 1. The maximum atomic E-state index is 13.0. The number of carbonyl (C=O) groups excluding carboxylic acids is 1. The summed E-state index contributed by atoms with van der Waals surface area (Å²) in [7, 11) is 0. The van der Waals surface area contributed by atoms with Gasteiger partial charge in [-0.05, 0) is 61.9 Å². The summed E-state index contributed by atoms with van der Waals surface area (Å²) in [5, 5.41) is 10.7. The third kappa shape index (κ3) is 4.62. The van der Waals surface area contributed by atoms with Gasteiger partial charge in [-0.3, -0.25) is 9.89 Å². The number of hydrazone groups is 1. The predicted octanol–water partition coefficient (Wildman–Crippen LogP) is 3.83. The molecule has 0 spiro atoms. The van der Waals surface area contributed by atoms with Crippen LogP contribution in [0.3, 0.4) is 0 Å². The molecule has 0 saturated heterocycles. The highest BCUT2D eigenvalue weighted by Gasteiger charge is 2.10. The van der Waals surface area contributed by atoms with Crippen LogP contribution >= 0.6 is 0 Å². The van der Waals surface area contributed by atoms with Gasteiger partial charge in [-0.15, -0.1) is 0 Å². The maximum Gasteiger partial charge on any atom is 0.289 e. The number of aromatic amines is 1. The molecule has 0 aliphatic heterocycles. The average molecular weight is 379 g/mol. The zero-order valence-corrected chi connectivity index (χ0v) is 15.8. The normalized spacial score (nSPS) is 11.0. The Bertz CT molecular complexity index is 944. The molecular weight excluding hydrogens is 357 g/mol. The smallest absolute Gasteiger partial charge is 0.289 e. The molecule has 0 unspecified atom stereocenters. The molecule has 28 heavy (non-hydrogen) atoms. The van der Waals surface area contributed by atoms with Crippen LogP contribution in [0.4, 0.5) is 10.1 Å². The van der Waals surface area contributed by atoms with Crippen LogP contribution in [0.25, 0.3) is 11.3 Å². The standard InChI is InChI=1S/C21H22FN5O/c1-3-27(4-2)18-11-5-15(6-12-18)14-23-26-21(28)20-13-19(24-25-20)16-7-9-17(22)10-8-16/h5-14H,3-4H2,1-2H3,(H,24,25)(H,26,28)/b23-14-. The maximum absolute atomic E-state index is 13.0. The van der Waals surface area contributed by atoms with E-state index < -0.39 is 5.91 Å². The van der Waals surface area contributed by atoms with Crippen molar-refractivity contribution in [3.8, 4) is 11.3 Å². The van der Waals surface area contributed by atoms with Gasteiger partial charge in [0.05, 0.1) is 11.9 Å². The highest BCUT2D eigenvalue weighted by Crippen LogP contribution is 2.18. The third-order valence-corrected chi connectivity index (χ3v) is 4.36. The minimum absolute atomic E-state index is 0.272. The van der Waals surface area contributed by atoms with Crippen molar-refractivity contribution in [3.63, 3.8) is 0 Å². The fraction of sp³-hybridized carbons (Fsp3) is 0.190. The fourth-order valence-corrected chi connectivity index (χ4v) is 2.79. The number of rotatable bonds is 7. The van der Waals surface area contributed by atoms with E-state index in [2.05, 4.69) is 39.5 Å². The highest BCUT2D eigenvalue weighted by molar-refractivity contribution is 5.94. The molecule has 2 N–H and O–H groups in total. The molecule has 6 nitrogen and oxygen atoms in total.